The molecule has 0 N–H and O–H groups in total. The zero-order valence-corrected chi connectivity index (χ0v) is 12.0. The lowest BCUT2D eigenvalue weighted by Crippen LogP contribution is -2.10. The first kappa shape index (κ1) is 14.0. The van der Waals surface area contributed by atoms with E-state index in [0.29, 0.717) is 12.8 Å². The SMILES string of the molecule is CCCOP(=O)(Cc1cc[c]cc1)c1ccccc1. The fourth-order valence-corrected chi connectivity index (χ4v) is 4.09. The highest BCUT2D eigenvalue weighted by Gasteiger charge is 2.25. The van der Waals surface area contributed by atoms with Crippen LogP contribution in [0.25, 0.3) is 0 Å². The average Bonchev–Trinajstić information content (AvgIpc) is 2.47. The second-order valence-electron chi connectivity index (χ2n) is 4.41. The Morgan fingerprint density at radius 1 is 1.11 bits per heavy atom. The summed E-state index contributed by atoms with van der Waals surface area (Å²) in [5.74, 6) is 0. The second kappa shape index (κ2) is 6.70. The van der Waals surface area contributed by atoms with Crippen molar-refractivity contribution in [3.8, 4) is 0 Å². The van der Waals surface area contributed by atoms with Crippen molar-refractivity contribution in [1.82, 2.24) is 0 Å². The van der Waals surface area contributed by atoms with Crippen molar-refractivity contribution < 1.29 is 9.09 Å². The van der Waals surface area contributed by atoms with Crippen LogP contribution in [0.2, 0.25) is 0 Å². The van der Waals surface area contributed by atoms with E-state index in [4.69, 9.17) is 4.52 Å². The molecule has 19 heavy (non-hydrogen) atoms. The molecule has 2 nitrogen and oxygen atoms in total. The van der Waals surface area contributed by atoms with Crippen LogP contribution in [0.15, 0.2) is 54.6 Å². The third-order valence-corrected chi connectivity index (χ3v) is 5.30. The van der Waals surface area contributed by atoms with Crippen LogP contribution < -0.4 is 5.30 Å². The maximum absolute atomic E-state index is 13.1. The van der Waals surface area contributed by atoms with Crippen LogP contribution >= 0.6 is 7.37 Å². The Morgan fingerprint density at radius 2 is 1.79 bits per heavy atom. The Morgan fingerprint density at radius 3 is 2.42 bits per heavy atom. The van der Waals surface area contributed by atoms with Gasteiger partial charge in [-0.2, -0.15) is 0 Å². The van der Waals surface area contributed by atoms with Crippen molar-refractivity contribution in [3.05, 3.63) is 66.2 Å². The van der Waals surface area contributed by atoms with Crippen LogP contribution in [0.1, 0.15) is 18.9 Å². The first-order valence-corrected chi connectivity index (χ1v) is 8.30. The van der Waals surface area contributed by atoms with Gasteiger partial charge in [-0.25, -0.2) is 0 Å². The quantitative estimate of drug-likeness (QED) is 0.743. The molecule has 0 fully saturated rings. The third kappa shape index (κ3) is 3.79. The molecule has 3 heteroatoms. The first-order chi connectivity index (χ1) is 9.24. The molecular formula is C16H18O2P. The van der Waals surface area contributed by atoms with E-state index in [1.807, 2.05) is 61.5 Å². The molecule has 0 saturated carbocycles. The van der Waals surface area contributed by atoms with E-state index in [-0.39, 0.29) is 0 Å². The molecule has 2 rings (SSSR count). The Bertz CT molecular complexity index is 537. The van der Waals surface area contributed by atoms with E-state index in [0.717, 1.165) is 17.3 Å². The van der Waals surface area contributed by atoms with Crippen molar-refractivity contribution in [2.45, 2.75) is 19.5 Å². The summed E-state index contributed by atoms with van der Waals surface area (Å²) in [5.41, 5.74) is 1.02. The summed E-state index contributed by atoms with van der Waals surface area (Å²) in [4.78, 5) is 0. The van der Waals surface area contributed by atoms with Crippen LogP contribution in [-0.4, -0.2) is 6.61 Å². The largest absolute Gasteiger partial charge is 0.325 e. The van der Waals surface area contributed by atoms with Gasteiger partial charge in [-0.3, -0.25) is 4.57 Å². The van der Waals surface area contributed by atoms with Gasteiger partial charge in [0.05, 0.1) is 12.8 Å². The molecule has 0 aliphatic heterocycles. The van der Waals surface area contributed by atoms with E-state index in [1.54, 1.807) is 0 Å². The molecule has 0 aliphatic carbocycles. The van der Waals surface area contributed by atoms with Crippen LogP contribution in [-0.2, 0) is 15.3 Å². The fourth-order valence-electron chi connectivity index (χ4n) is 1.87. The maximum atomic E-state index is 13.1. The van der Waals surface area contributed by atoms with Crippen molar-refractivity contribution in [2.24, 2.45) is 0 Å². The molecule has 0 saturated heterocycles. The van der Waals surface area contributed by atoms with Gasteiger partial charge >= 0.3 is 0 Å². The van der Waals surface area contributed by atoms with Crippen molar-refractivity contribution in [3.63, 3.8) is 0 Å². The monoisotopic (exact) mass is 273 g/mol. The topological polar surface area (TPSA) is 26.3 Å². The molecule has 1 atom stereocenters. The van der Waals surface area contributed by atoms with E-state index >= 15 is 0 Å². The third-order valence-electron chi connectivity index (χ3n) is 2.83. The lowest BCUT2D eigenvalue weighted by molar-refractivity contribution is 0.319. The van der Waals surface area contributed by atoms with E-state index in [2.05, 4.69) is 6.07 Å². The van der Waals surface area contributed by atoms with E-state index < -0.39 is 7.37 Å². The number of rotatable bonds is 6. The van der Waals surface area contributed by atoms with Crippen molar-refractivity contribution in [1.29, 1.82) is 0 Å². The zero-order chi connectivity index (χ0) is 13.6. The molecule has 0 heterocycles. The highest BCUT2D eigenvalue weighted by Crippen LogP contribution is 2.49. The van der Waals surface area contributed by atoms with Gasteiger partial charge in [0.25, 0.3) is 0 Å². The predicted octanol–water partition coefficient (Wildman–Crippen LogP) is 4.02. The maximum Gasteiger partial charge on any atom is 0.236 e. The minimum Gasteiger partial charge on any atom is -0.325 e. The summed E-state index contributed by atoms with van der Waals surface area (Å²) in [7, 11) is -2.82. The summed E-state index contributed by atoms with van der Waals surface area (Å²) in [6.45, 7) is 2.54. The Hall–Kier alpha value is -1.37. The molecule has 0 amide bonds. The Kier molecular flexibility index (Phi) is 4.95. The highest BCUT2D eigenvalue weighted by atomic mass is 31.2. The predicted molar refractivity (Wildman–Crippen MR) is 78.9 cm³/mol. The van der Waals surface area contributed by atoms with E-state index in [9.17, 15) is 4.57 Å². The molecule has 99 valence electrons. The van der Waals surface area contributed by atoms with Gasteiger partial charge in [0, 0.05) is 5.30 Å². The molecule has 2 aromatic rings. The average molecular weight is 273 g/mol. The van der Waals surface area contributed by atoms with Crippen LogP contribution in [0.5, 0.6) is 0 Å². The zero-order valence-electron chi connectivity index (χ0n) is 11.1. The molecule has 1 radical (unpaired) electrons. The number of hydrogen-bond acceptors (Lipinski definition) is 2. The standard InChI is InChI=1S/C16H18O2P/c1-2-13-18-19(17,16-11-7-4-8-12-16)14-15-9-5-3-6-10-15/h4-12H,2,13-14H2,1H3. The van der Waals surface area contributed by atoms with Gasteiger partial charge in [0.2, 0.25) is 7.37 Å². The minimum absolute atomic E-state index is 0.436. The molecule has 1 unspecified atom stereocenters. The molecule has 2 aromatic carbocycles. The molecule has 0 aliphatic rings. The number of hydrogen-bond donors (Lipinski definition) is 0. The van der Waals surface area contributed by atoms with Crippen molar-refractivity contribution in [2.75, 3.05) is 6.61 Å². The Labute approximate surface area is 114 Å². The summed E-state index contributed by atoms with van der Waals surface area (Å²) in [6.07, 6.45) is 1.30. The molecule has 0 bridgehead atoms. The van der Waals surface area contributed by atoms with Crippen LogP contribution in [0.3, 0.4) is 0 Å². The van der Waals surface area contributed by atoms with Gasteiger partial charge in [0.15, 0.2) is 0 Å². The lowest BCUT2D eigenvalue weighted by Gasteiger charge is -2.18. The van der Waals surface area contributed by atoms with Gasteiger partial charge in [0.1, 0.15) is 0 Å². The van der Waals surface area contributed by atoms with E-state index in [1.165, 1.54) is 0 Å². The Balaban J connectivity index is 2.27. The van der Waals surface area contributed by atoms with Gasteiger partial charge in [-0.1, -0.05) is 49.4 Å². The number of benzene rings is 2. The molecule has 0 spiro atoms. The van der Waals surface area contributed by atoms with Gasteiger partial charge in [-0.15, -0.1) is 0 Å². The normalized spacial score (nSPS) is 13.9. The summed E-state index contributed by atoms with van der Waals surface area (Å²) in [6, 6.07) is 20.0. The van der Waals surface area contributed by atoms with Crippen LogP contribution in [0, 0.1) is 6.07 Å². The highest BCUT2D eigenvalue weighted by molar-refractivity contribution is 7.66. The fraction of sp³-hybridized carbons (Fsp3) is 0.250. The molecular weight excluding hydrogens is 255 g/mol. The first-order valence-electron chi connectivity index (χ1n) is 6.49. The smallest absolute Gasteiger partial charge is 0.236 e. The summed E-state index contributed by atoms with van der Waals surface area (Å²) < 4.78 is 18.8. The second-order valence-corrected chi connectivity index (χ2v) is 6.85. The van der Waals surface area contributed by atoms with Crippen LogP contribution in [0.4, 0.5) is 0 Å². The minimum atomic E-state index is -2.82. The summed E-state index contributed by atoms with van der Waals surface area (Å²) in [5, 5.41) is 0.788. The van der Waals surface area contributed by atoms with Gasteiger partial charge < -0.3 is 4.52 Å². The lowest BCUT2D eigenvalue weighted by atomic mass is 10.2. The molecule has 0 aromatic heterocycles. The van der Waals surface area contributed by atoms with Gasteiger partial charge in [-0.05, 0) is 30.2 Å². The summed E-state index contributed by atoms with van der Waals surface area (Å²) >= 11 is 0. The van der Waals surface area contributed by atoms with Crippen molar-refractivity contribution >= 4 is 12.7 Å².